The largest absolute Gasteiger partial charge is 0.356 e. The molecule has 26 heavy (non-hydrogen) atoms. The van der Waals surface area contributed by atoms with Crippen molar-refractivity contribution in [3.8, 4) is 0 Å². The molecule has 8 heteroatoms. The van der Waals surface area contributed by atoms with Crippen molar-refractivity contribution in [1.29, 1.82) is 0 Å². The molecule has 0 amide bonds. The topological polar surface area (TPSA) is 42.9 Å². The molecule has 1 aromatic carbocycles. The molecule has 1 aromatic rings. The van der Waals surface area contributed by atoms with Crippen LogP contribution >= 0.6 is 24.0 Å². The van der Waals surface area contributed by atoms with E-state index < -0.39 is 11.6 Å². The minimum Gasteiger partial charge on any atom is -0.356 e. The van der Waals surface area contributed by atoms with Gasteiger partial charge in [-0.3, -0.25) is 4.99 Å². The van der Waals surface area contributed by atoms with Gasteiger partial charge in [0.2, 0.25) is 0 Å². The second-order valence-electron chi connectivity index (χ2n) is 6.44. The fourth-order valence-electron chi connectivity index (χ4n) is 2.91. The fourth-order valence-corrected chi connectivity index (χ4v) is 2.91. The van der Waals surface area contributed by atoms with Crippen LogP contribution in [0.1, 0.15) is 18.4 Å². The zero-order chi connectivity index (χ0) is 18.1. The van der Waals surface area contributed by atoms with Crippen molar-refractivity contribution in [1.82, 2.24) is 20.4 Å². The van der Waals surface area contributed by atoms with E-state index in [4.69, 9.17) is 0 Å². The summed E-state index contributed by atoms with van der Waals surface area (Å²) in [5, 5.41) is 6.24. The van der Waals surface area contributed by atoms with E-state index in [1.165, 1.54) is 19.0 Å². The van der Waals surface area contributed by atoms with Crippen LogP contribution in [0.15, 0.2) is 23.2 Å². The number of halogens is 3. The van der Waals surface area contributed by atoms with E-state index in [2.05, 4.69) is 32.5 Å². The Morgan fingerprint density at radius 1 is 1.15 bits per heavy atom. The Bertz CT molecular complexity index is 571. The standard InChI is InChI=1S/C18H29F2N5.HI/c1-21-18(23-14-15-13-16(19)5-6-17(15)20)22-7-3-9-25-10-4-8-24(2)11-12-25;/h5-6,13H,3-4,7-12,14H2,1-2H3,(H2,21,22,23);1H. The number of benzene rings is 1. The average Bonchev–Trinajstić information content (AvgIpc) is 2.81. The highest BCUT2D eigenvalue weighted by molar-refractivity contribution is 14.0. The quantitative estimate of drug-likeness (QED) is 0.283. The summed E-state index contributed by atoms with van der Waals surface area (Å²) in [5.41, 5.74) is 0.289. The van der Waals surface area contributed by atoms with Crippen LogP contribution in [0.25, 0.3) is 0 Å². The number of hydrogen-bond acceptors (Lipinski definition) is 3. The maximum Gasteiger partial charge on any atom is 0.191 e. The zero-order valence-electron chi connectivity index (χ0n) is 15.6. The lowest BCUT2D eigenvalue weighted by molar-refractivity contribution is 0.274. The average molecular weight is 481 g/mol. The molecular formula is C18H30F2IN5. The molecule has 1 heterocycles. The lowest BCUT2D eigenvalue weighted by atomic mass is 10.2. The molecule has 2 rings (SSSR count). The molecule has 0 aliphatic carbocycles. The molecule has 0 bridgehead atoms. The van der Waals surface area contributed by atoms with Crippen LogP contribution in [0.3, 0.4) is 0 Å². The van der Waals surface area contributed by atoms with Crippen LogP contribution in [0.5, 0.6) is 0 Å². The van der Waals surface area contributed by atoms with Crippen molar-refractivity contribution >= 4 is 29.9 Å². The van der Waals surface area contributed by atoms with Gasteiger partial charge in [0.1, 0.15) is 11.6 Å². The molecule has 0 spiro atoms. The van der Waals surface area contributed by atoms with Gasteiger partial charge >= 0.3 is 0 Å². The van der Waals surface area contributed by atoms with Gasteiger partial charge in [0.25, 0.3) is 0 Å². The normalized spacial score (nSPS) is 16.7. The lowest BCUT2D eigenvalue weighted by Crippen LogP contribution is -2.39. The number of guanidine groups is 1. The summed E-state index contributed by atoms with van der Waals surface area (Å²) in [6.07, 6.45) is 2.23. The Morgan fingerprint density at radius 3 is 2.73 bits per heavy atom. The summed E-state index contributed by atoms with van der Waals surface area (Å²) >= 11 is 0. The van der Waals surface area contributed by atoms with Crippen LogP contribution in [-0.2, 0) is 6.54 Å². The van der Waals surface area contributed by atoms with Gasteiger partial charge < -0.3 is 20.4 Å². The summed E-state index contributed by atoms with van der Waals surface area (Å²) in [4.78, 5) is 8.98. The molecule has 0 atom stereocenters. The van der Waals surface area contributed by atoms with Crippen LogP contribution in [0.4, 0.5) is 8.78 Å². The molecule has 0 saturated carbocycles. The number of likely N-dealkylation sites (N-methyl/N-ethyl adjacent to an activating group) is 1. The van der Waals surface area contributed by atoms with Crippen LogP contribution in [-0.4, -0.2) is 69.1 Å². The summed E-state index contributed by atoms with van der Waals surface area (Å²) < 4.78 is 26.8. The lowest BCUT2D eigenvalue weighted by Gasteiger charge is -2.20. The third-order valence-electron chi connectivity index (χ3n) is 4.43. The Morgan fingerprint density at radius 2 is 1.96 bits per heavy atom. The van der Waals surface area contributed by atoms with Crippen molar-refractivity contribution in [3.05, 3.63) is 35.4 Å². The molecule has 0 radical (unpaired) electrons. The smallest absolute Gasteiger partial charge is 0.191 e. The van der Waals surface area contributed by atoms with Crippen LogP contribution in [0.2, 0.25) is 0 Å². The minimum absolute atomic E-state index is 0. The Labute approximate surface area is 172 Å². The number of aliphatic imine (C=N–C) groups is 1. The van der Waals surface area contributed by atoms with Gasteiger partial charge in [0.15, 0.2) is 5.96 Å². The Hall–Kier alpha value is -1.00. The monoisotopic (exact) mass is 481 g/mol. The van der Waals surface area contributed by atoms with E-state index >= 15 is 0 Å². The SMILES string of the molecule is CN=C(NCCCN1CCCN(C)CC1)NCc1cc(F)ccc1F.I. The van der Waals surface area contributed by atoms with E-state index in [-0.39, 0.29) is 36.1 Å². The van der Waals surface area contributed by atoms with Crippen molar-refractivity contribution in [3.63, 3.8) is 0 Å². The van der Waals surface area contributed by atoms with E-state index in [1.807, 2.05) is 0 Å². The number of nitrogens with one attached hydrogen (secondary N) is 2. The molecule has 148 valence electrons. The Balaban J connectivity index is 0.00000338. The molecule has 0 unspecified atom stereocenters. The van der Waals surface area contributed by atoms with Gasteiger partial charge in [-0.25, -0.2) is 8.78 Å². The maximum absolute atomic E-state index is 13.6. The molecule has 1 aliphatic heterocycles. The minimum atomic E-state index is -0.441. The third kappa shape index (κ3) is 8.13. The first kappa shape index (κ1) is 23.0. The fraction of sp³-hybridized carbons (Fsp3) is 0.611. The van der Waals surface area contributed by atoms with Crippen LogP contribution < -0.4 is 10.6 Å². The zero-order valence-corrected chi connectivity index (χ0v) is 17.9. The summed E-state index contributed by atoms with van der Waals surface area (Å²) in [6.45, 7) is 6.59. The highest BCUT2D eigenvalue weighted by Crippen LogP contribution is 2.09. The molecule has 2 N–H and O–H groups in total. The predicted octanol–water partition coefficient (Wildman–Crippen LogP) is 2.28. The van der Waals surface area contributed by atoms with Gasteiger partial charge in [-0.15, -0.1) is 24.0 Å². The predicted molar refractivity (Wildman–Crippen MR) is 113 cm³/mol. The summed E-state index contributed by atoms with van der Waals surface area (Å²) in [6, 6.07) is 3.46. The van der Waals surface area contributed by atoms with E-state index in [1.54, 1.807) is 7.05 Å². The van der Waals surface area contributed by atoms with Gasteiger partial charge in [0.05, 0.1) is 0 Å². The van der Waals surface area contributed by atoms with Crippen molar-refractivity contribution < 1.29 is 8.78 Å². The summed E-state index contributed by atoms with van der Waals surface area (Å²) in [7, 11) is 3.84. The molecule has 1 fully saturated rings. The maximum atomic E-state index is 13.6. The number of rotatable bonds is 6. The van der Waals surface area contributed by atoms with Crippen LogP contribution in [0, 0.1) is 11.6 Å². The first-order chi connectivity index (χ1) is 12.1. The van der Waals surface area contributed by atoms with Crippen molar-refractivity contribution in [2.75, 3.05) is 53.4 Å². The number of nitrogens with zero attached hydrogens (tertiary/aromatic N) is 3. The van der Waals surface area contributed by atoms with Gasteiger partial charge in [0, 0.05) is 38.8 Å². The second-order valence-corrected chi connectivity index (χ2v) is 6.44. The third-order valence-corrected chi connectivity index (χ3v) is 4.43. The first-order valence-corrected chi connectivity index (χ1v) is 8.88. The van der Waals surface area contributed by atoms with Gasteiger partial charge in [-0.2, -0.15) is 0 Å². The highest BCUT2D eigenvalue weighted by Gasteiger charge is 2.11. The Kier molecular flexibility index (Phi) is 11.0. The molecule has 1 aliphatic rings. The van der Waals surface area contributed by atoms with Gasteiger partial charge in [-0.1, -0.05) is 0 Å². The molecule has 0 aromatic heterocycles. The second kappa shape index (κ2) is 12.4. The first-order valence-electron chi connectivity index (χ1n) is 8.88. The molecule has 5 nitrogen and oxygen atoms in total. The highest BCUT2D eigenvalue weighted by atomic mass is 127. The molecular weight excluding hydrogens is 451 g/mol. The van der Waals surface area contributed by atoms with Crippen molar-refractivity contribution in [2.45, 2.75) is 19.4 Å². The van der Waals surface area contributed by atoms with E-state index in [9.17, 15) is 8.78 Å². The van der Waals surface area contributed by atoms with E-state index in [0.717, 1.165) is 51.3 Å². The summed E-state index contributed by atoms with van der Waals surface area (Å²) in [5.74, 6) is -0.265. The van der Waals surface area contributed by atoms with Gasteiger partial charge in [-0.05, 0) is 57.7 Å². The molecule has 1 saturated heterocycles. The number of hydrogen-bond donors (Lipinski definition) is 2. The van der Waals surface area contributed by atoms with E-state index in [0.29, 0.717) is 5.96 Å². The van der Waals surface area contributed by atoms with Crippen molar-refractivity contribution in [2.24, 2.45) is 4.99 Å².